The highest BCUT2D eigenvalue weighted by Crippen LogP contribution is 2.22. The number of aryl methyl sites for hydroxylation is 1. The molecule has 3 amide bonds. The van der Waals surface area contributed by atoms with Crippen LogP contribution in [0.5, 0.6) is 0 Å². The van der Waals surface area contributed by atoms with Gasteiger partial charge in [-0.2, -0.15) is 0 Å². The van der Waals surface area contributed by atoms with Gasteiger partial charge in [0.05, 0.1) is 6.04 Å². The molecule has 0 radical (unpaired) electrons. The van der Waals surface area contributed by atoms with Gasteiger partial charge in [0.15, 0.2) is 0 Å². The predicted molar refractivity (Wildman–Crippen MR) is 85.9 cm³/mol. The number of nitrogens with one attached hydrogen (secondary N) is 1. The highest BCUT2D eigenvalue weighted by atomic mass is 16.2. The number of hydrogen-bond donors (Lipinski definition) is 1. The van der Waals surface area contributed by atoms with E-state index in [4.69, 9.17) is 0 Å². The molecule has 1 unspecified atom stereocenters. The minimum atomic E-state index is -0.0942. The van der Waals surface area contributed by atoms with Gasteiger partial charge in [0, 0.05) is 31.7 Å². The van der Waals surface area contributed by atoms with E-state index >= 15 is 0 Å². The Hall–Kier alpha value is -2.04. The van der Waals surface area contributed by atoms with Crippen LogP contribution in [0.1, 0.15) is 31.2 Å². The summed E-state index contributed by atoms with van der Waals surface area (Å²) in [6.07, 6.45) is 3.74. The minimum Gasteiger partial charge on any atom is -0.333 e. The Kier molecular flexibility index (Phi) is 4.32. The number of hydrogen-bond acceptors (Lipinski definition) is 2. The molecule has 2 aliphatic heterocycles. The number of amides is 3. The van der Waals surface area contributed by atoms with E-state index in [0.29, 0.717) is 13.0 Å². The van der Waals surface area contributed by atoms with E-state index < -0.39 is 0 Å². The van der Waals surface area contributed by atoms with E-state index in [9.17, 15) is 9.59 Å². The number of benzene rings is 1. The van der Waals surface area contributed by atoms with Gasteiger partial charge in [-0.3, -0.25) is 4.79 Å². The van der Waals surface area contributed by atoms with Crippen LogP contribution in [0.25, 0.3) is 0 Å². The molecule has 0 aliphatic carbocycles. The van der Waals surface area contributed by atoms with Crippen molar-refractivity contribution in [1.29, 1.82) is 0 Å². The molecule has 0 saturated carbocycles. The van der Waals surface area contributed by atoms with Crippen molar-refractivity contribution in [2.45, 2.75) is 38.6 Å². The van der Waals surface area contributed by atoms with E-state index in [2.05, 4.69) is 5.32 Å². The maximum absolute atomic E-state index is 12.2. The molecule has 5 heteroatoms. The number of urea groups is 1. The Labute approximate surface area is 131 Å². The maximum Gasteiger partial charge on any atom is 0.317 e. The monoisotopic (exact) mass is 301 g/mol. The average Bonchev–Trinajstić information content (AvgIpc) is 2.89. The predicted octanol–water partition coefficient (Wildman–Crippen LogP) is 2.30. The molecule has 2 heterocycles. The first-order valence-electron chi connectivity index (χ1n) is 8.06. The zero-order chi connectivity index (χ0) is 15.5. The van der Waals surface area contributed by atoms with Crippen molar-refractivity contribution in [2.75, 3.05) is 24.5 Å². The van der Waals surface area contributed by atoms with Crippen molar-refractivity contribution >= 4 is 17.6 Å². The van der Waals surface area contributed by atoms with Crippen molar-refractivity contribution in [2.24, 2.45) is 0 Å². The molecule has 2 fully saturated rings. The standard InChI is InChI=1S/C17H23N3O2/c1-13-5-7-15(8-6-13)20-12-14(11-16(20)21)18-17(22)19-9-3-2-4-10-19/h5-8,14H,2-4,9-12H2,1H3,(H,18,22). The fourth-order valence-corrected chi connectivity index (χ4v) is 3.14. The van der Waals surface area contributed by atoms with Crippen LogP contribution in [-0.2, 0) is 4.79 Å². The maximum atomic E-state index is 12.2. The fourth-order valence-electron chi connectivity index (χ4n) is 3.14. The third-order valence-electron chi connectivity index (χ3n) is 4.44. The van der Waals surface area contributed by atoms with Crippen LogP contribution in [-0.4, -0.2) is 42.5 Å². The van der Waals surface area contributed by atoms with Gasteiger partial charge in [0.25, 0.3) is 0 Å². The van der Waals surface area contributed by atoms with E-state index in [1.54, 1.807) is 4.90 Å². The summed E-state index contributed by atoms with van der Waals surface area (Å²) in [4.78, 5) is 28.1. The number of carbonyl (C=O) groups is 2. The number of anilines is 1. The molecule has 0 bridgehead atoms. The normalized spacial score (nSPS) is 22.0. The topological polar surface area (TPSA) is 52.7 Å². The van der Waals surface area contributed by atoms with Crippen molar-refractivity contribution in [3.8, 4) is 0 Å². The summed E-state index contributed by atoms with van der Waals surface area (Å²) in [7, 11) is 0. The van der Waals surface area contributed by atoms with E-state index in [-0.39, 0.29) is 18.0 Å². The lowest BCUT2D eigenvalue weighted by Gasteiger charge is -2.28. The molecule has 1 aromatic rings. The molecule has 3 rings (SSSR count). The quantitative estimate of drug-likeness (QED) is 0.911. The van der Waals surface area contributed by atoms with Crippen LogP contribution in [0.15, 0.2) is 24.3 Å². The van der Waals surface area contributed by atoms with Gasteiger partial charge in [-0.15, -0.1) is 0 Å². The minimum absolute atomic E-state index is 0.0248. The zero-order valence-electron chi connectivity index (χ0n) is 13.0. The molecule has 1 N–H and O–H groups in total. The average molecular weight is 301 g/mol. The number of rotatable bonds is 2. The molecule has 2 saturated heterocycles. The molecule has 5 nitrogen and oxygen atoms in total. The zero-order valence-corrected chi connectivity index (χ0v) is 13.0. The van der Waals surface area contributed by atoms with Crippen molar-refractivity contribution in [3.63, 3.8) is 0 Å². The fraction of sp³-hybridized carbons (Fsp3) is 0.529. The van der Waals surface area contributed by atoms with Crippen LogP contribution in [0.4, 0.5) is 10.5 Å². The number of nitrogens with zero attached hydrogens (tertiary/aromatic N) is 2. The van der Waals surface area contributed by atoms with E-state index in [0.717, 1.165) is 31.6 Å². The molecule has 1 atom stereocenters. The summed E-state index contributed by atoms with van der Waals surface area (Å²) >= 11 is 0. The Bertz CT molecular complexity index is 550. The SMILES string of the molecule is Cc1ccc(N2CC(NC(=O)N3CCCCC3)CC2=O)cc1. The Morgan fingerprint density at radius 1 is 1.14 bits per heavy atom. The van der Waals surface area contributed by atoms with Crippen molar-refractivity contribution in [3.05, 3.63) is 29.8 Å². The summed E-state index contributed by atoms with van der Waals surface area (Å²) < 4.78 is 0. The summed E-state index contributed by atoms with van der Waals surface area (Å²) in [5.74, 6) is 0.0767. The van der Waals surface area contributed by atoms with Gasteiger partial charge in [-0.25, -0.2) is 4.79 Å². The van der Waals surface area contributed by atoms with E-state index in [1.165, 1.54) is 12.0 Å². The Morgan fingerprint density at radius 3 is 2.50 bits per heavy atom. The smallest absolute Gasteiger partial charge is 0.317 e. The lowest BCUT2D eigenvalue weighted by molar-refractivity contribution is -0.117. The van der Waals surface area contributed by atoms with Gasteiger partial charge < -0.3 is 15.1 Å². The second kappa shape index (κ2) is 6.38. The molecule has 22 heavy (non-hydrogen) atoms. The second-order valence-electron chi connectivity index (χ2n) is 6.24. The molecular formula is C17H23N3O2. The highest BCUT2D eigenvalue weighted by molar-refractivity contribution is 5.96. The van der Waals surface area contributed by atoms with Crippen LogP contribution in [0.2, 0.25) is 0 Å². The van der Waals surface area contributed by atoms with Gasteiger partial charge in [-0.05, 0) is 38.3 Å². The molecular weight excluding hydrogens is 278 g/mol. The molecule has 118 valence electrons. The first-order chi connectivity index (χ1) is 10.6. The Balaban J connectivity index is 1.59. The summed E-state index contributed by atoms with van der Waals surface area (Å²) in [5, 5.41) is 3.01. The molecule has 0 aromatic heterocycles. The van der Waals surface area contributed by atoms with Gasteiger partial charge in [0.1, 0.15) is 0 Å². The number of carbonyl (C=O) groups excluding carboxylic acids is 2. The first-order valence-corrected chi connectivity index (χ1v) is 8.06. The Morgan fingerprint density at radius 2 is 1.82 bits per heavy atom. The summed E-state index contributed by atoms with van der Waals surface area (Å²) in [6.45, 7) is 4.24. The van der Waals surface area contributed by atoms with Crippen LogP contribution in [0, 0.1) is 6.92 Å². The summed E-state index contributed by atoms with van der Waals surface area (Å²) in [6, 6.07) is 7.81. The van der Waals surface area contributed by atoms with Crippen LogP contribution >= 0.6 is 0 Å². The van der Waals surface area contributed by atoms with E-state index in [1.807, 2.05) is 36.1 Å². The number of piperidine rings is 1. The van der Waals surface area contributed by atoms with Crippen LogP contribution < -0.4 is 10.2 Å². The summed E-state index contributed by atoms with van der Waals surface area (Å²) in [5.41, 5.74) is 2.08. The van der Waals surface area contributed by atoms with Crippen molar-refractivity contribution < 1.29 is 9.59 Å². The molecule has 2 aliphatic rings. The number of likely N-dealkylation sites (tertiary alicyclic amines) is 1. The molecule has 1 aromatic carbocycles. The molecule has 0 spiro atoms. The first kappa shape index (κ1) is 14.9. The lowest BCUT2D eigenvalue weighted by atomic mass is 10.1. The van der Waals surface area contributed by atoms with Gasteiger partial charge >= 0.3 is 6.03 Å². The third-order valence-corrected chi connectivity index (χ3v) is 4.44. The van der Waals surface area contributed by atoms with Crippen molar-refractivity contribution in [1.82, 2.24) is 10.2 Å². The van der Waals surface area contributed by atoms with Crippen LogP contribution in [0.3, 0.4) is 0 Å². The highest BCUT2D eigenvalue weighted by Gasteiger charge is 2.32. The largest absolute Gasteiger partial charge is 0.333 e. The van der Waals surface area contributed by atoms with Gasteiger partial charge in [0.2, 0.25) is 5.91 Å². The van der Waals surface area contributed by atoms with Gasteiger partial charge in [-0.1, -0.05) is 17.7 Å². The third kappa shape index (κ3) is 3.24. The lowest BCUT2D eigenvalue weighted by Crippen LogP contribution is -2.47. The second-order valence-corrected chi connectivity index (χ2v) is 6.24.